The summed E-state index contributed by atoms with van der Waals surface area (Å²) >= 11 is 0. The molecule has 0 amide bonds. The third-order valence-corrected chi connectivity index (χ3v) is 5.84. The second-order valence-electron chi connectivity index (χ2n) is 9.29. The van der Waals surface area contributed by atoms with E-state index in [0.717, 1.165) is 24.1 Å². The maximum atomic E-state index is 14.4. The molecule has 0 saturated heterocycles. The van der Waals surface area contributed by atoms with Crippen molar-refractivity contribution in [3.8, 4) is 17.5 Å². The topological polar surface area (TPSA) is 106 Å². The van der Waals surface area contributed by atoms with Crippen LogP contribution in [-0.2, 0) is 6.54 Å². The van der Waals surface area contributed by atoms with Crippen molar-refractivity contribution in [2.45, 2.75) is 46.1 Å². The number of nitrogens with one attached hydrogen (secondary N) is 1. The van der Waals surface area contributed by atoms with Crippen molar-refractivity contribution < 1.29 is 8.78 Å². The second-order valence-corrected chi connectivity index (χ2v) is 9.29. The Bertz CT molecular complexity index is 1330. The van der Waals surface area contributed by atoms with Crippen LogP contribution in [0, 0.1) is 23.7 Å². The number of pyridine rings is 1. The van der Waals surface area contributed by atoms with Crippen LogP contribution in [-0.4, -0.2) is 43.9 Å². The number of hydrogen-bond donors (Lipinski definition) is 2. The van der Waals surface area contributed by atoms with Gasteiger partial charge >= 0.3 is 0 Å². The molecule has 2 aromatic heterocycles. The van der Waals surface area contributed by atoms with Gasteiger partial charge in [-0.15, -0.1) is 0 Å². The van der Waals surface area contributed by atoms with Gasteiger partial charge in [-0.1, -0.05) is 31.9 Å². The molecule has 1 aliphatic carbocycles. The van der Waals surface area contributed by atoms with Gasteiger partial charge in [-0.05, 0) is 55.5 Å². The van der Waals surface area contributed by atoms with Crippen LogP contribution in [0.2, 0.25) is 0 Å². The predicted octanol–water partition coefficient (Wildman–Crippen LogP) is 4.25. The molecule has 4 rings (SSSR count). The number of aliphatic imine (C=N–C) groups is 2. The average molecular weight is 505 g/mol. The standard InChI is InChI=1S/C27H30F2N8/c1-18(2)27(28,29)15-33-26(25-24(30)13-10-22(36-25)9-6-20-4-5-20)35-19(3)32-14-21-7-11-23(12-8-21)37-17-31-16-34-37/h7-8,10-13,16-18,20H,4-5,14-15,30H2,1-3H3,(H,32,33,35). The van der Waals surface area contributed by atoms with E-state index in [1.807, 2.05) is 24.3 Å². The van der Waals surface area contributed by atoms with Crippen LogP contribution in [0.4, 0.5) is 14.5 Å². The summed E-state index contributed by atoms with van der Waals surface area (Å²) in [6, 6.07) is 11.1. The maximum Gasteiger partial charge on any atom is 0.269 e. The van der Waals surface area contributed by atoms with E-state index in [4.69, 9.17) is 5.73 Å². The van der Waals surface area contributed by atoms with Gasteiger partial charge in [-0.25, -0.2) is 23.4 Å². The van der Waals surface area contributed by atoms with E-state index in [-0.39, 0.29) is 11.5 Å². The molecule has 0 aliphatic heterocycles. The third-order valence-electron chi connectivity index (χ3n) is 5.84. The SMILES string of the molecule is CC(=NCc1ccc(-n2cncn2)cc1)NC(=NCC(F)(F)C(C)C)c1nc(C#CC2CC2)ccc1N. The fourth-order valence-electron chi connectivity index (χ4n) is 3.19. The highest BCUT2D eigenvalue weighted by Crippen LogP contribution is 2.27. The first-order valence-corrected chi connectivity index (χ1v) is 12.1. The Labute approximate surface area is 215 Å². The molecular formula is C27H30F2N8. The number of alkyl halides is 2. The minimum absolute atomic E-state index is 0.135. The molecule has 1 fully saturated rings. The average Bonchev–Trinajstić information content (AvgIpc) is 3.55. The van der Waals surface area contributed by atoms with Crippen LogP contribution in [0.3, 0.4) is 0 Å². The van der Waals surface area contributed by atoms with Crippen LogP contribution < -0.4 is 11.1 Å². The zero-order valence-corrected chi connectivity index (χ0v) is 21.1. The number of benzene rings is 1. The number of rotatable bonds is 7. The van der Waals surface area contributed by atoms with E-state index >= 15 is 0 Å². The van der Waals surface area contributed by atoms with Crippen LogP contribution >= 0.6 is 0 Å². The largest absolute Gasteiger partial charge is 0.397 e. The zero-order valence-electron chi connectivity index (χ0n) is 21.1. The Hall–Kier alpha value is -4.13. The molecule has 0 radical (unpaired) electrons. The lowest BCUT2D eigenvalue weighted by atomic mass is 10.1. The number of aromatic nitrogens is 4. The molecule has 3 aromatic rings. The van der Waals surface area contributed by atoms with E-state index in [1.54, 1.807) is 30.1 Å². The fraction of sp³-hybridized carbons (Fsp3) is 0.370. The molecular weight excluding hydrogens is 474 g/mol. The maximum absolute atomic E-state index is 14.4. The molecule has 37 heavy (non-hydrogen) atoms. The Kier molecular flexibility index (Phi) is 7.92. The van der Waals surface area contributed by atoms with E-state index < -0.39 is 18.4 Å². The highest BCUT2D eigenvalue weighted by molar-refractivity contribution is 6.10. The van der Waals surface area contributed by atoms with Gasteiger partial charge in [-0.2, -0.15) is 5.10 Å². The molecule has 8 nitrogen and oxygen atoms in total. The summed E-state index contributed by atoms with van der Waals surface area (Å²) < 4.78 is 30.5. The van der Waals surface area contributed by atoms with Crippen molar-refractivity contribution >= 4 is 17.4 Å². The van der Waals surface area contributed by atoms with Crippen LogP contribution in [0.15, 0.2) is 59.0 Å². The summed E-state index contributed by atoms with van der Waals surface area (Å²) in [5.41, 5.74) is 9.13. The van der Waals surface area contributed by atoms with Crippen molar-refractivity contribution in [1.82, 2.24) is 25.1 Å². The van der Waals surface area contributed by atoms with E-state index in [9.17, 15) is 8.78 Å². The van der Waals surface area contributed by atoms with E-state index in [1.165, 1.54) is 20.2 Å². The van der Waals surface area contributed by atoms with Gasteiger partial charge in [-0.3, -0.25) is 9.98 Å². The monoisotopic (exact) mass is 504 g/mol. The first kappa shape index (κ1) is 25.9. The highest BCUT2D eigenvalue weighted by Gasteiger charge is 2.33. The molecule has 0 spiro atoms. The van der Waals surface area contributed by atoms with Crippen molar-refractivity contribution in [1.29, 1.82) is 0 Å². The molecule has 2 heterocycles. The summed E-state index contributed by atoms with van der Waals surface area (Å²) in [5.74, 6) is 3.38. The summed E-state index contributed by atoms with van der Waals surface area (Å²) in [6.45, 7) is 4.34. The Morgan fingerprint density at radius 1 is 1.19 bits per heavy atom. The summed E-state index contributed by atoms with van der Waals surface area (Å²) in [6.07, 6.45) is 5.27. The molecule has 0 unspecified atom stereocenters. The lowest BCUT2D eigenvalue weighted by Crippen LogP contribution is -2.34. The number of halogens is 2. The number of nitrogen functional groups attached to an aromatic ring is 1. The van der Waals surface area contributed by atoms with Crippen LogP contribution in [0.25, 0.3) is 5.69 Å². The minimum atomic E-state index is -2.98. The number of nitrogens with two attached hydrogens (primary N) is 1. The summed E-state index contributed by atoms with van der Waals surface area (Å²) in [5, 5.41) is 7.16. The lowest BCUT2D eigenvalue weighted by Gasteiger charge is -2.19. The summed E-state index contributed by atoms with van der Waals surface area (Å²) in [7, 11) is 0. The molecule has 192 valence electrons. The molecule has 0 bridgehead atoms. The Morgan fingerprint density at radius 3 is 2.59 bits per heavy atom. The van der Waals surface area contributed by atoms with Crippen molar-refractivity contribution in [3.05, 3.63) is 66.0 Å². The van der Waals surface area contributed by atoms with E-state index in [0.29, 0.717) is 29.7 Å². The minimum Gasteiger partial charge on any atom is -0.397 e. The lowest BCUT2D eigenvalue weighted by molar-refractivity contribution is -0.0344. The van der Waals surface area contributed by atoms with Crippen molar-refractivity contribution in [2.24, 2.45) is 21.8 Å². The number of anilines is 1. The molecule has 1 aromatic carbocycles. The van der Waals surface area contributed by atoms with Gasteiger partial charge in [0.2, 0.25) is 0 Å². The molecule has 3 N–H and O–H groups in total. The van der Waals surface area contributed by atoms with Gasteiger partial charge in [0.05, 0.1) is 23.8 Å². The smallest absolute Gasteiger partial charge is 0.269 e. The van der Waals surface area contributed by atoms with Gasteiger partial charge < -0.3 is 11.1 Å². The fourth-order valence-corrected chi connectivity index (χ4v) is 3.19. The van der Waals surface area contributed by atoms with Crippen molar-refractivity contribution in [2.75, 3.05) is 12.3 Å². The normalized spacial score (nSPS) is 14.4. The van der Waals surface area contributed by atoms with Gasteiger partial charge in [0.15, 0.2) is 5.84 Å². The second kappa shape index (κ2) is 11.3. The highest BCUT2D eigenvalue weighted by atomic mass is 19.3. The predicted molar refractivity (Wildman–Crippen MR) is 141 cm³/mol. The number of amidine groups is 2. The van der Waals surface area contributed by atoms with Crippen LogP contribution in [0.1, 0.15) is 50.6 Å². The first-order valence-electron chi connectivity index (χ1n) is 12.1. The molecule has 1 aliphatic rings. The van der Waals surface area contributed by atoms with Gasteiger partial charge in [0.25, 0.3) is 5.92 Å². The first-order chi connectivity index (χ1) is 17.7. The number of hydrogen-bond acceptors (Lipinski definition) is 6. The zero-order chi connectivity index (χ0) is 26.4. The third kappa shape index (κ3) is 7.19. The molecule has 10 heteroatoms. The number of nitrogens with zero attached hydrogens (tertiary/aromatic N) is 6. The quantitative estimate of drug-likeness (QED) is 0.284. The van der Waals surface area contributed by atoms with Crippen molar-refractivity contribution in [3.63, 3.8) is 0 Å². The van der Waals surface area contributed by atoms with Gasteiger partial charge in [0, 0.05) is 11.8 Å². The Balaban J connectivity index is 1.54. The Morgan fingerprint density at radius 2 is 1.95 bits per heavy atom. The summed E-state index contributed by atoms with van der Waals surface area (Å²) in [4.78, 5) is 17.2. The molecule has 0 atom stereocenters. The van der Waals surface area contributed by atoms with Gasteiger partial charge in [0.1, 0.15) is 30.6 Å². The van der Waals surface area contributed by atoms with E-state index in [2.05, 4.69) is 42.2 Å². The van der Waals surface area contributed by atoms with Crippen LogP contribution in [0.5, 0.6) is 0 Å². The molecule has 1 saturated carbocycles.